The van der Waals surface area contributed by atoms with Gasteiger partial charge in [0.05, 0.1) is 12.8 Å². The molecule has 0 aromatic carbocycles. The SMILES string of the molecule is Cc1ncc(N2CCc3cnccc3C2)c(OCC2CC2)n1. The molecule has 0 radical (unpaired) electrons. The summed E-state index contributed by atoms with van der Waals surface area (Å²) in [5.74, 6) is 2.21. The fourth-order valence-corrected chi connectivity index (χ4v) is 2.83. The fraction of sp³-hybridized carbons (Fsp3) is 0.471. The number of hydrogen-bond donors (Lipinski definition) is 0. The second-order valence-corrected chi connectivity index (χ2v) is 6.18. The largest absolute Gasteiger partial charge is 0.476 e. The van der Waals surface area contributed by atoms with Crippen molar-refractivity contribution in [2.75, 3.05) is 18.1 Å². The Kier molecular flexibility index (Phi) is 3.41. The van der Waals surface area contributed by atoms with Crippen LogP contribution in [0.15, 0.2) is 24.7 Å². The van der Waals surface area contributed by atoms with E-state index in [0.29, 0.717) is 0 Å². The molecule has 114 valence electrons. The molecule has 1 aliphatic heterocycles. The van der Waals surface area contributed by atoms with Crippen LogP contribution in [0.25, 0.3) is 0 Å². The van der Waals surface area contributed by atoms with Crippen molar-refractivity contribution in [3.05, 3.63) is 41.6 Å². The maximum Gasteiger partial charge on any atom is 0.240 e. The first kappa shape index (κ1) is 13.5. The number of aromatic nitrogens is 3. The fourth-order valence-electron chi connectivity index (χ4n) is 2.83. The van der Waals surface area contributed by atoms with Gasteiger partial charge < -0.3 is 9.64 Å². The average Bonchev–Trinajstić information content (AvgIpc) is 3.37. The lowest BCUT2D eigenvalue weighted by atomic mass is 10.0. The molecule has 2 aliphatic rings. The molecule has 0 spiro atoms. The Bertz CT molecular complexity index is 684. The maximum absolute atomic E-state index is 5.98. The van der Waals surface area contributed by atoms with E-state index in [1.165, 1.54) is 24.0 Å². The Morgan fingerprint density at radius 3 is 3.05 bits per heavy atom. The lowest BCUT2D eigenvalue weighted by Gasteiger charge is -2.30. The molecule has 0 N–H and O–H groups in total. The Balaban J connectivity index is 1.59. The first-order valence-corrected chi connectivity index (χ1v) is 7.93. The first-order valence-electron chi connectivity index (χ1n) is 7.93. The highest BCUT2D eigenvalue weighted by molar-refractivity contribution is 5.55. The number of anilines is 1. The van der Waals surface area contributed by atoms with Gasteiger partial charge in [-0.25, -0.2) is 4.98 Å². The highest BCUT2D eigenvalue weighted by Crippen LogP contribution is 2.33. The van der Waals surface area contributed by atoms with Gasteiger partial charge in [-0.3, -0.25) is 4.98 Å². The summed E-state index contributed by atoms with van der Waals surface area (Å²) in [4.78, 5) is 15.4. The van der Waals surface area contributed by atoms with E-state index in [1.54, 1.807) is 0 Å². The number of fused-ring (bicyclic) bond motifs is 1. The van der Waals surface area contributed by atoms with E-state index < -0.39 is 0 Å². The van der Waals surface area contributed by atoms with Gasteiger partial charge in [-0.05, 0) is 49.3 Å². The van der Waals surface area contributed by atoms with Crippen LogP contribution < -0.4 is 9.64 Å². The number of rotatable bonds is 4. The highest BCUT2D eigenvalue weighted by Gasteiger charge is 2.25. The van der Waals surface area contributed by atoms with Crippen molar-refractivity contribution in [2.45, 2.75) is 32.7 Å². The monoisotopic (exact) mass is 296 g/mol. The van der Waals surface area contributed by atoms with Crippen LogP contribution in [0.1, 0.15) is 29.8 Å². The minimum atomic E-state index is 0.719. The molecule has 0 unspecified atom stereocenters. The van der Waals surface area contributed by atoms with Crippen LogP contribution in [0.5, 0.6) is 5.88 Å². The quantitative estimate of drug-likeness (QED) is 0.868. The third-order valence-corrected chi connectivity index (χ3v) is 4.37. The van der Waals surface area contributed by atoms with Crippen LogP contribution in [-0.4, -0.2) is 28.1 Å². The van der Waals surface area contributed by atoms with Crippen molar-refractivity contribution in [3.63, 3.8) is 0 Å². The molecular weight excluding hydrogens is 276 g/mol. The number of ether oxygens (including phenoxy) is 1. The summed E-state index contributed by atoms with van der Waals surface area (Å²) in [5.41, 5.74) is 3.68. The molecule has 2 aromatic rings. The van der Waals surface area contributed by atoms with Crippen molar-refractivity contribution in [3.8, 4) is 5.88 Å². The van der Waals surface area contributed by atoms with Gasteiger partial charge in [-0.1, -0.05) is 0 Å². The van der Waals surface area contributed by atoms with Gasteiger partial charge in [0, 0.05) is 25.5 Å². The van der Waals surface area contributed by atoms with Crippen molar-refractivity contribution in [1.29, 1.82) is 0 Å². The molecular formula is C17H20N4O. The standard InChI is InChI=1S/C17H20N4O/c1-12-19-9-16(17(20-12)22-11-13-2-3-13)21-7-5-14-8-18-6-4-15(14)10-21/h4,6,8-9,13H,2-3,5,7,10-11H2,1H3. The molecule has 2 aromatic heterocycles. The zero-order chi connectivity index (χ0) is 14.9. The molecule has 0 atom stereocenters. The third-order valence-electron chi connectivity index (χ3n) is 4.37. The molecule has 1 fully saturated rings. The Morgan fingerprint density at radius 2 is 2.18 bits per heavy atom. The molecule has 22 heavy (non-hydrogen) atoms. The number of aryl methyl sites for hydroxylation is 1. The van der Waals surface area contributed by atoms with E-state index >= 15 is 0 Å². The smallest absolute Gasteiger partial charge is 0.240 e. The predicted octanol–water partition coefficient (Wildman–Crippen LogP) is 2.53. The summed E-state index contributed by atoms with van der Waals surface area (Å²) in [6.45, 7) is 4.50. The van der Waals surface area contributed by atoms with E-state index in [1.807, 2.05) is 25.5 Å². The zero-order valence-electron chi connectivity index (χ0n) is 12.8. The maximum atomic E-state index is 5.98. The molecule has 1 saturated carbocycles. The van der Waals surface area contributed by atoms with Crippen LogP contribution in [-0.2, 0) is 13.0 Å². The molecule has 4 rings (SSSR count). The Hall–Kier alpha value is -2.17. The van der Waals surface area contributed by atoms with Crippen molar-refractivity contribution in [2.24, 2.45) is 5.92 Å². The molecule has 5 heteroatoms. The van der Waals surface area contributed by atoms with Gasteiger partial charge in [0.2, 0.25) is 5.88 Å². The molecule has 0 amide bonds. The lowest BCUT2D eigenvalue weighted by molar-refractivity contribution is 0.287. The third kappa shape index (κ3) is 2.75. The number of nitrogens with zero attached hydrogens (tertiary/aromatic N) is 4. The van der Waals surface area contributed by atoms with Gasteiger partial charge in [0.15, 0.2) is 0 Å². The summed E-state index contributed by atoms with van der Waals surface area (Å²) in [6, 6.07) is 2.10. The van der Waals surface area contributed by atoms with Gasteiger partial charge >= 0.3 is 0 Å². The summed E-state index contributed by atoms with van der Waals surface area (Å²) < 4.78 is 5.98. The van der Waals surface area contributed by atoms with Crippen molar-refractivity contribution in [1.82, 2.24) is 15.0 Å². The number of hydrogen-bond acceptors (Lipinski definition) is 5. The molecule has 0 saturated heterocycles. The van der Waals surface area contributed by atoms with E-state index in [-0.39, 0.29) is 0 Å². The van der Waals surface area contributed by atoms with Crippen molar-refractivity contribution < 1.29 is 4.74 Å². The topological polar surface area (TPSA) is 51.1 Å². The van der Waals surface area contributed by atoms with Gasteiger partial charge in [0.1, 0.15) is 11.5 Å². The van der Waals surface area contributed by atoms with E-state index in [0.717, 1.165) is 49.4 Å². The molecule has 3 heterocycles. The van der Waals surface area contributed by atoms with E-state index in [9.17, 15) is 0 Å². The minimum absolute atomic E-state index is 0.719. The normalized spacial score (nSPS) is 17.2. The second kappa shape index (κ2) is 5.55. The Morgan fingerprint density at radius 1 is 1.27 bits per heavy atom. The number of pyridine rings is 1. The van der Waals surface area contributed by atoms with E-state index in [2.05, 4.69) is 25.9 Å². The summed E-state index contributed by atoms with van der Waals surface area (Å²) >= 11 is 0. The first-order chi connectivity index (χ1) is 10.8. The average molecular weight is 296 g/mol. The van der Waals surface area contributed by atoms with Crippen molar-refractivity contribution >= 4 is 5.69 Å². The summed E-state index contributed by atoms with van der Waals surface area (Å²) in [6.07, 6.45) is 9.30. The highest BCUT2D eigenvalue weighted by atomic mass is 16.5. The van der Waals surface area contributed by atoms with Gasteiger partial charge in [0.25, 0.3) is 0 Å². The minimum Gasteiger partial charge on any atom is -0.476 e. The Labute approximate surface area is 130 Å². The molecule has 5 nitrogen and oxygen atoms in total. The van der Waals surface area contributed by atoms with Gasteiger partial charge in [-0.15, -0.1) is 0 Å². The van der Waals surface area contributed by atoms with Crippen LogP contribution in [0, 0.1) is 12.8 Å². The summed E-state index contributed by atoms with van der Waals surface area (Å²) in [5, 5.41) is 0. The van der Waals surface area contributed by atoms with Crippen LogP contribution in [0.4, 0.5) is 5.69 Å². The predicted molar refractivity (Wildman–Crippen MR) is 84.0 cm³/mol. The van der Waals surface area contributed by atoms with E-state index in [4.69, 9.17) is 4.74 Å². The second-order valence-electron chi connectivity index (χ2n) is 6.18. The van der Waals surface area contributed by atoms with Gasteiger partial charge in [-0.2, -0.15) is 4.98 Å². The van der Waals surface area contributed by atoms with Crippen LogP contribution in [0.2, 0.25) is 0 Å². The lowest BCUT2D eigenvalue weighted by Crippen LogP contribution is -2.31. The molecule has 1 aliphatic carbocycles. The zero-order valence-corrected chi connectivity index (χ0v) is 12.8. The summed E-state index contributed by atoms with van der Waals surface area (Å²) in [7, 11) is 0. The van der Waals surface area contributed by atoms with Crippen LogP contribution in [0.3, 0.4) is 0 Å². The van der Waals surface area contributed by atoms with Crippen LogP contribution >= 0.6 is 0 Å². The molecule has 0 bridgehead atoms.